The summed E-state index contributed by atoms with van der Waals surface area (Å²) >= 11 is 0. The lowest BCUT2D eigenvalue weighted by molar-refractivity contribution is 0.0934. The molecular formula is C14H18N2O3. The fraction of sp³-hybridized carbons (Fsp3) is 0.429. The zero-order chi connectivity index (χ0) is 14.4. The minimum absolute atomic E-state index is 0.0400. The van der Waals surface area contributed by atoms with E-state index < -0.39 is 6.04 Å². The van der Waals surface area contributed by atoms with Gasteiger partial charge in [-0.25, -0.2) is 0 Å². The van der Waals surface area contributed by atoms with Crippen molar-refractivity contribution in [3.05, 3.63) is 23.8 Å². The number of carbonyl (C=O) groups excluding carboxylic acids is 1. The molecule has 0 radical (unpaired) electrons. The van der Waals surface area contributed by atoms with Crippen molar-refractivity contribution in [2.24, 2.45) is 5.92 Å². The SMILES string of the molecule is COc1ccc(C(=O)NC(C#N)C(C)C)c(OC)c1. The Hall–Kier alpha value is -2.22. The van der Waals surface area contributed by atoms with Crippen LogP contribution in [0.3, 0.4) is 0 Å². The van der Waals surface area contributed by atoms with E-state index in [4.69, 9.17) is 14.7 Å². The second-order valence-electron chi connectivity index (χ2n) is 4.39. The van der Waals surface area contributed by atoms with Crippen LogP contribution in [0.4, 0.5) is 0 Å². The second kappa shape index (κ2) is 6.64. The topological polar surface area (TPSA) is 71.3 Å². The first-order valence-electron chi connectivity index (χ1n) is 5.96. The van der Waals surface area contributed by atoms with Crippen molar-refractivity contribution < 1.29 is 14.3 Å². The number of nitrogens with one attached hydrogen (secondary N) is 1. The molecule has 1 rings (SSSR count). The highest BCUT2D eigenvalue weighted by Crippen LogP contribution is 2.24. The van der Waals surface area contributed by atoms with Crippen LogP contribution in [0.5, 0.6) is 11.5 Å². The number of amides is 1. The van der Waals surface area contributed by atoms with E-state index in [1.165, 1.54) is 7.11 Å². The zero-order valence-corrected chi connectivity index (χ0v) is 11.6. The molecule has 1 unspecified atom stereocenters. The average molecular weight is 262 g/mol. The van der Waals surface area contributed by atoms with Gasteiger partial charge in [-0.1, -0.05) is 13.8 Å². The molecule has 0 aliphatic heterocycles. The molecule has 0 saturated heterocycles. The summed E-state index contributed by atoms with van der Waals surface area (Å²) in [4.78, 5) is 12.1. The fourth-order valence-corrected chi connectivity index (χ4v) is 1.55. The Balaban J connectivity index is 2.97. The number of benzene rings is 1. The van der Waals surface area contributed by atoms with Crippen molar-refractivity contribution in [1.29, 1.82) is 5.26 Å². The van der Waals surface area contributed by atoms with Gasteiger partial charge >= 0.3 is 0 Å². The van der Waals surface area contributed by atoms with Gasteiger partial charge in [-0.05, 0) is 18.1 Å². The van der Waals surface area contributed by atoms with Gasteiger partial charge in [-0.3, -0.25) is 4.79 Å². The molecule has 5 nitrogen and oxygen atoms in total. The van der Waals surface area contributed by atoms with Crippen molar-refractivity contribution in [2.45, 2.75) is 19.9 Å². The third kappa shape index (κ3) is 3.62. The molecule has 5 heteroatoms. The van der Waals surface area contributed by atoms with E-state index in [0.29, 0.717) is 17.1 Å². The van der Waals surface area contributed by atoms with Crippen LogP contribution in [0, 0.1) is 17.2 Å². The number of rotatable bonds is 5. The molecule has 1 aromatic carbocycles. The van der Waals surface area contributed by atoms with E-state index >= 15 is 0 Å². The van der Waals surface area contributed by atoms with Gasteiger partial charge in [-0.2, -0.15) is 5.26 Å². The predicted molar refractivity (Wildman–Crippen MR) is 71.3 cm³/mol. The Morgan fingerprint density at radius 1 is 1.32 bits per heavy atom. The van der Waals surface area contributed by atoms with Gasteiger partial charge in [-0.15, -0.1) is 0 Å². The zero-order valence-electron chi connectivity index (χ0n) is 11.6. The van der Waals surface area contributed by atoms with Crippen LogP contribution in [0.2, 0.25) is 0 Å². The maximum Gasteiger partial charge on any atom is 0.256 e. The second-order valence-corrected chi connectivity index (χ2v) is 4.39. The van der Waals surface area contributed by atoms with Crippen molar-refractivity contribution in [1.82, 2.24) is 5.32 Å². The first kappa shape index (κ1) is 14.8. The molecule has 1 amide bonds. The Morgan fingerprint density at radius 3 is 2.47 bits per heavy atom. The van der Waals surface area contributed by atoms with E-state index in [1.807, 2.05) is 13.8 Å². The Kier molecular flexibility index (Phi) is 5.19. The summed E-state index contributed by atoms with van der Waals surface area (Å²) in [6, 6.07) is 6.45. The summed E-state index contributed by atoms with van der Waals surface area (Å²) in [5, 5.41) is 11.7. The number of nitriles is 1. The Bertz CT molecular complexity index is 492. The van der Waals surface area contributed by atoms with Crippen molar-refractivity contribution in [3.63, 3.8) is 0 Å². The summed E-state index contributed by atoms with van der Waals surface area (Å²) in [6.45, 7) is 3.75. The van der Waals surface area contributed by atoms with Crippen LogP contribution in [0.1, 0.15) is 24.2 Å². The molecular weight excluding hydrogens is 244 g/mol. The first-order valence-corrected chi connectivity index (χ1v) is 5.96. The molecule has 0 aromatic heterocycles. The van der Waals surface area contributed by atoms with E-state index in [0.717, 1.165) is 0 Å². The number of hydrogen-bond donors (Lipinski definition) is 1. The minimum Gasteiger partial charge on any atom is -0.497 e. The molecule has 0 heterocycles. The van der Waals surface area contributed by atoms with Crippen LogP contribution >= 0.6 is 0 Å². The van der Waals surface area contributed by atoms with E-state index in [9.17, 15) is 4.79 Å². The molecule has 0 saturated carbocycles. The lowest BCUT2D eigenvalue weighted by Crippen LogP contribution is -2.37. The molecule has 1 N–H and O–H groups in total. The molecule has 0 spiro atoms. The molecule has 19 heavy (non-hydrogen) atoms. The molecule has 1 atom stereocenters. The fourth-order valence-electron chi connectivity index (χ4n) is 1.55. The quantitative estimate of drug-likeness (QED) is 0.880. The van der Waals surface area contributed by atoms with Crippen LogP contribution < -0.4 is 14.8 Å². The van der Waals surface area contributed by atoms with Gasteiger partial charge in [0.2, 0.25) is 0 Å². The Morgan fingerprint density at radius 2 is 2.00 bits per heavy atom. The monoisotopic (exact) mass is 262 g/mol. The lowest BCUT2D eigenvalue weighted by Gasteiger charge is -2.16. The number of carbonyl (C=O) groups is 1. The average Bonchev–Trinajstić information content (AvgIpc) is 2.43. The number of ether oxygens (including phenoxy) is 2. The smallest absolute Gasteiger partial charge is 0.256 e. The van der Waals surface area contributed by atoms with Crippen molar-refractivity contribution in [3.8, 4) is 17.6 Å². The minimum atomic E-state index is -0.528. The maximum atomic E-state index is 12.1. The predicted octanol–water partition coefficient (Wildman–Crippen LogP) is 1.98. The van der Waals surface area contributed by atoms with E-state index in [1.54, 1.807) is 25.3 Å². The van der Waals surface area contributed by atoms with Crippen molar-refractivity contribution in [2.75, 3.05) is 14.2 Å². The molecule has 1 aromatic rings. The molecule has 102 valence electrons. The van der Waals surface area contributed by atoms with Gasteiger partial charge in [0, 0.05) is 6.07 Å². The molecule has 0 aliphatic carbocycles. The normalized spacial score (nSPS) is 11.6. The Labute approximate surface area is 113 Å². The lowest BCUT2D eigenvalue weighted by atomic mass is 10.1. The number of hydrogen-bond acceptors (Lipinski definition) is 4. The largest absolute Gasteiger partial charge is 0.497 e. The van der Waals surface area contributed by atoms with Crippen LogP contribution in [0.15, 0.2) is 18.2 Å². The number of methoxy groups -OCH3 is 2. The maximum absolute atomic E-state index is 12.1. The molecule has 0 bridgehead atoms. The van der Waals surface area contributed by atoms with Gasteiger partial charge in [0.25, 0.3) is 5.91 Å². The van der Waals surface area contributed by atoms with Gasteiger partial charge in [0.15, 0.2) is 0 Å². The van der Waals surface area contributed by atoms with Gasteiger partial charge in [0.1, 0.15) is 17.5 Å². The summed E-state index contributed by atoms with van der Waals surface area (Å²) in [7, 11) is 3.02. The van der Waals surface area contributed by atoms with Crippen molar-refractivity contribution >= 4 is 5.91 Å². The third-order valence-corrected chi connectivity index (χ3v) is 2.75. The highest BCUT2D eigenvalue weighted by molar-refractivity contribution is 5.97. The third-order valence-electron chi connectivity index (χ3n) is 2.75. The summed E-state index contributed by atoms with van der Waals surface area (Å²) in [5.74, 6) is 0.726. The molecule has 0 fully saturated rings. The first-order chi connectivity index (χ1) is 9.03. The summed E-state index contributed by atoms with van der Waals surface area (Å²) in [6.07, 6.45) is 0. The van der Waals surface area contributed by atoms with Gasteiger partial charge in [0.05, 0.1) is 25.9 Å². The standard InChI is InChI=1S/C14H18N2O3/c1-9(2)12(8-15)16-14(17)11-6-5-10(18-3)7-13(11)19-4/h5-7,9,12H,1-4H3,(H,16,17). The summed E-state index contributed by atoms with van der Waals surface area (Å²) < 4.78 is 10.2. The van der Waals surface area contributed by atoms with Crippen LogP contribution in [-0.4, -0.2) is 26.2 Å². The number of nitrogens with zero attached hydrogens (tertiary/aromatic N) is 1. The van der Waals surface area contributed by atoms with Crippen LogP contribution in [-0.2, 0) is 0 Å². The van der Waals surface area contributed by atoms with Gasteiger partial charge < -0.3 is 14.8 Å². The van der Waals surface area contributed by atoms with E-state index in [2.05, 4.69) is 11.4 Å². The molecule has 0 aliphatic rings. The summed E-state index contributed by atoms with van der Waals surface area (Å²) in [5.41, 5.74) is 0.379. The highest BCUT2D eigenvalue weighted by Gasteiger charge is 2.19. The van der Waals surface area contributed by atoms with Crippen LogP contribution in [0.25, 0.3) is 0 Å². The highest BCUT2D eigenvalue weighted by atomic mass is 16.5. The van der Waals surface area contributed by atoms with E-state index in [-0.39, 0.29) is 11.8 Å².